The van der Waals surface area contributed by atoms with Crippen molar-refractivity contribution in [1.29, 1.82) is 0 Å². The van der Waals surface area contributed by atoms with Crippen molar-refractivity contribution in [3.63, 3.8) is 0 Å². The summed E-state index contributed by atoms with van der Waals surface area (Å²) in [6, 6.07) is -1.81. The van der Waals surface area contributed by atoms with Crippen molar-refractivity contribution in [2.75, 3.05) is 49.3 Å². The number of rotatable bonds is 21. The van der Waals surface area contributed by atoms with E-state index in [0.29, 0.717) is 19.4 Å². The molecule has 0 radical (unpaired) electrons. The number of benzene rings is 1. The number of hydrogen-bond acceptors (Lipinski definition) is 12. The summed E-state index contributed by atoms with van der Waals surface area (Å²) >= 11 is 0. The smallest absolute Gasteiger partial charge is 0.246 e. The Bertz CT molecular complexity index is 3180. The number of carbonyl (C=O) groups is 11. The van der Waals surface area contributed by atoms with Crippen LogP contribution in [-0.2, 0) is 59.3 Å². The van der Waals surface area contributed by atoms with Crippen LogP contribution in [0.4, 0.5) is 0 Å². The maximum Gasteiger partial charge on any atom is 0.246 e. The molecule has 1 aromatic carbocycles. The minimum absolute atomic E-state index is 0.0105. The number of likely N-dealkylation sites (N-methyl/N-ethyl adjacent to an activating group) is 7. The molecule has 1 aliphatic heterocycles. The molecule has 1 unspecified atom stereocenters. The standard InChI is InChI=1S/C77H126N12O12/c1-25-27-35-52(15)66(90)65-70(94)80-56(26-2)72(96)82(18)58(39-30-28-29-33-40-89-41-34-37-55-36-31-32-38-57(55)89)73(97)83(19)60(43-47(5)6)69(93)81-63(50(11)12)76(100)84(20)59(42-46(3)4)68(92)78-53(16)67(91)79-54(17)71(95)85(21)61(44-48(7)8)74(98)86(22)62(45-49(9)10)75(99)87(23)64(51(13)14)77(101)88(65)24/h25,27-28,30-32,34,36-38,41,46-54,56,58-66,90H,26,29,33,35,39-40,42-45H2,1-24H3,(H3-,78,79,80,81,91,92,93,94)/p+1/b27-25+,30-28+/t52-,53+,54-,56+,58?,59+,60+,61+,62+,63+,64+,65+,66-/m1/s1. The number of fused-ring (bicyclic) bond motifs is 1. The third-order valence-electron chi connectivity index (χ3n) is 19.5. The van der Waals surface area contributed by atoms with E-state index in [1.807, 2.05) is 105 Å². The summed E-state index contributed by atoms with van der Waals surface area (Å²) in [6.45, 7) is 30.8. The van der Waals surface area contributed by atoms with Gasteiger partial charge in [0.1, 0.15) is 73.0 Å². The average molecular weight is 1410 g/mol. The summed E-state index contributed by atoms with van der Waals surface area (Å²) in [5.74, 6) is -9.94. The first-order chi connectivity index (χ1) is 47.2. The van der Waals surface area contributed by atoms with E-state index < -0.39 is 155 Å². The molecule has 566 valence electrons. The molecule has 11 amide bonds. The largest absolute Gasteiger partial charge is 0.390 e. The van der Waals surface area contributed by atoms with Gasteiger partial charge >= 0.3 is 0 Å². The van der Waals surface area contributed by atoms with Gasteiger partial charge in [-0.3, -0.25) is 52.7 Å². The van der Waals surface area contributed by atoms with E-state index in [1.165, 1.54) is 92.6 Å². The average Bonchev–Trinajstić information content (AvgIpc) is 0.810. The fourth-order valence-electron chi connectivity index (χ4n) is 13.2. The Balaban J connectivity index is 2.39. The van der Waals surface area contributed by atoms with Gasteiger partial charge in [-0.1, -0.05) is 133 Å². The van der Waals surface area contributed by atoms with Crippen LogP contribution >= 0.6 is 0 Å². The third-order valence-corrected chi connectivity index (χ3v) is 19.5. The van der Waals surface area contributed by atoms with E-state index in [9.17, 15) is 24.3 Å². The minimum atomic E-state index is -1.65. The van der Waals surface area contributed by atoms with Crippen LogP contribution < -0.4 is 25.8 Å². The molecule has 101 heavy (non-hydrogen) atoms. The van der Waals surface area contributed by atoms with Gasteiger partial charge in [-0.05, 0) is 126 Å². The van der Waals surface area contributed by atoms with E-state index in [2.05, 4.69) is 44.0 Å². The summed E-state index contributed by atoms with van der Waals surface area (Å²) in [5, 5.41) is 24.7. The lowest BCUT2D eigenvalue weighted by atomic mass is 9.91. The van der Waals surface area contributed by atoms with E-state index in [4.69, 9.17) is 0 Å². The molecule has 3 rings (SSSR count). The molecule has 0 spiro atoms. The summed E-state index contributed by atoms with van der Waals surface area (Å²) in [4.78, 5) is 174. The molecule has 1 aliphatic rings. The highest BCUT2D eigenvalue weighted by Gasteiger charge is 2.46. The normalized spacial score (nSPS) is 25.4. The number of para-hydroxylation sites is 1. The number of unbranched alkanes of at least 4 members (excludes halogenated alkanes) is 1. The molecule has 1 saturated heterocycles. The number of pyridine rings is 1. The van der Waals surface area contributed by atoms with Crippen LogP contribution in [0.5, 0.6) is 0 Å². The highest BCUT2D eigenvalue weighted by atomic mass is 16.3. The van der Waals surface area contributed by atoms with Crippen LogP contribution in [0.15, 0.2) is 66.9 Å². The monoisotopic (exact) mass is 1410 g/mol. The van der Waals surface area contributed by atoms with Crippen LogP contribution in [0.3, 0.4) is 0 Å². The number of amides is 11. The van der Waals surface area contributed by atoms with Crippen LogP contribution in [0.1, 0.15) is 175 Å². The van der Waals surface area contributed by atoms with Gasteiger partial charge in [-0.15, -0.1) is 0 Å². The molecular weight excluding hydrogens is 1280 g/mol. The van der Waals surface area contributed by atoms with E-state index >= 15 is 33.6 Å². The number of aromatic nitrogens is 1. The number of aryl methyl sites for hydroxylation is 1. The predicted molar refractivity (Wildman–Crippen MR) is 394 cm³/mol. The SMILES string of the molecule is C/C=C/C[C@@H](C)[C@@H](O)[C@H]1C(=O)N[C@@H](CC)C(=O)N(C)C(C/C=C/CCC[n+]2cccc3ccccc32)C(=O)N(C)[C@@H](CC(C)C)C(=O)N[C@@H](C(C)C)C(=O)N(C)[C@@H](CC(C)C)C(=O)N[C@@H](C)C(=O)N[C@H](C)C(=O)N(C)[C@@H](CC(C)C)C(=O)N(C)[C@@H](CC(C)C)C(=O)N(C)[C@@H](C(C)C)C(=O)N1C. The number of allylic oxidation sites excluding steroid dienone is 3. The zero-order chi connectivity index (χ0) is 76.8. The third kappa shape index (κ3) is 24.2. The van der Waals surface area contributed by atoms with Crippen molar-refractivity contribution in [1.82, 2.24) is 55.6 Å². The summed E-state index contributed by atoms with van der Waals surface area (Å²) in [5.41, 5.74) is 1.08. The second-order valence-corrected chi connectivity index (χ2v) is 30.4. The first-order valence-corrected chi connectivity index (χ1v) is 36.6. The van der Waals surface area contributed by atoms with Crippen molar-refractivity contribution in [2.24, 2.45) is 41.4 Å². The highest BCUT2D eigenvalue weighted by Crippen LogP contribution is 2.27. The second kappa shape index (κ2) is 40.8. The predicted octanol–water partition coefficient (Wildman–Crippen LogP) is 6.51. The number of nitrogens with one attached hydrogen (secondary N) is 4. The fraction of sp³-hybridized carbons (Fsp3) is 0.688. The van der Waals surface area contributed by atoms with Gasteiger partial charge in [0, 0.05) is 73.3 Å². The van der Waals surface area contributed by atoms with Crippen LogP contribution in [-0.4, -0.2) is 226 Å². The summed E-state index contributed by atoms with van der Waals surface area (Å²) in [6.07, 6.45) is 9.99. The fourth-order valence-corrected chi connectivity index (χ4v) is 13.2. The number of aliphatic hydroxyl groups excluding tert-OH is 1. The molecule has 1 aromatic heterocycles. The maximum absolute atomic E-state index is 15.5. The Morgan fingerprint density at radius 1 is 0.465 bits per heavy atom. The first kappa shape index (κ1) is 87.5. The molecule has 2 heterocycles. The quantitative estimate of drug-likeness (QED) is 0.0509. The van der Waals surface area contributed by atoms with Crippen LogP contribution in [0.2, 0.25) is 0 Å². The molecule has 5 N–H and O–H groups in total. The summed E-state index contributed by atoms with van der Waals surface area (Å²) in [7, 11) is 10.1. The van der Waals surface area contributed by atoms with Gasteiger partial charge in [-0.25, -0.2) is 0 Å². The van der Waals surface area contributed by atoms with Gasteiger partial charge in [0.05, 0.1) is 6.10 Å². The molecule has 1 fully saturated rings. The van der Waals surface area contributed by atoms with E-state index in [0.717, 1.165) is 22.2 Å². The first-order valence-electron chi connectivity index (χ1n) is 36.6. The lowest BCUT2D eigenvalue weighted by molar-refractivity contribution is -0.671. The Kier molecular flexibility index (Phi) is 35.3. The molecule has 24 heteroatoms. The topological polar surface area (TPSA) is 283 Å². The van der Waals surface area contributed by atoms with Crippen LogP contribution in [0.25, 0.3) is 10.9 Å². The Labute approximate surface area is 603 Å². The van der Waals surface area contributed by atoms with Gasteiger partial charge in [-0.2, -0.15) is 4.57 Å². The molecule has 0 bridgehead atoms. The number of carbonyl (C=O) groups excluding carboxylic acids is 11. The van der Waals surface area contributed by atoms with Crippen molar-refractivity contribution in [3.05, 3.63) is 66.9 Å². The number of aliphatic hydroxyl groups is 1. The van der Waals surface area contributed by atoms with Gasteiger partial charge in [0.15, 0.2) is 6.20 Å². The van der Waals surface area contributed by atoms with Gasteiger partial charge in [0.2, 0.25) is 70.5 Å². The molecule has 0 aliphatic carbocycles. The number of nitrogens with zero attached hydrogens (tertiary/aromatic N) is 8. The van der Waals surface area contributed by atoms with E-state index in [1.54, 1.807) is 47.6 Å². The van der Waals surface area contributed by atoms with Crippen molar-refractivity contribution < 1.29 is 62.4 Å². The summed E-state index contributed by atoms with van der Waals surface area (Å²) < 4.78 is 2.17. The maximum atomic E-state index is 15.5. The van der Waals surface area contributed by atoms with Crippen molar-refractivity contribution in [3.8, 4) is 0 Å². The molecule has 13 atom stereocenters. The lowest BCUT2D eigenvalue weighted by Gasteiger charge is -2.41. The van der Waals surface area contributed by atoms with Crippen molar-refractivity contribution >= 4 is 75.9 Å². The Morgan fingerprint density at radius 2 is 0.921 bits per heavy atom. The lowest BCUT2D eigenvalue weighted by Crippen LogP contribution is -2.64. The van der Waals surface area contributed by atoms with Gasteiger partial charge in [0.25, 0.3) is 0 Å². The second-order valence-electron chi connectivity index (χ2n) is 30.4. The molecule has 0 saturated carbocycles. The Morgan fingerprint density at radius 3 is 1.45 bits per heavy atom. The zero-order valence-electron chi connectivity index (χ0n) is 65.4. The molecule has 24 nitrogen and oxygen atoms in total. The molecule has 2 aromatic rings. The Hall–Kier alpha value is -7.76. The number of hydrogen-bond donors (Lipinski definition) is 5. The van der Waals surface area contributed by atoms with Crippen LogP contribution in [0, 0.1) is 41.4 Å². The minimum Gasteiger partial charge on any atom is -0.390 e. The molecular formula is C77H127N12O12+. The van der Waals surface area contributed by atoms with Crippen molar-refractivity contribution in [2.45, 2.75) is 255 Å². The van der Waals surface area contributed by atoms with Gasteiger partial charge < -0.3 is 60.7 Å². The van der Waals surface area contributed by atoms with E-state index in [-0.39, 0.29) is 62.2 Å². The zero-order valence-corrected chi connectivity index (χ0v) is 65.4. The highest BCUT2D eigenvalue weighted by molar-refractivity contribution is 6.00.